The van der Waals surface area contributed by atoms with Gasteiger partial charge < -0.3 is 9.80 Å². The van der Waals surface area contributed by atoms with Crippen molar-refractivity contribution in [1.82, 2.24) is 15.2 Å². The molecular weight excluding hydrogens is 331 g/mol. The number of hydrogen-bond donors (Lipinski definition) is 0. The zero-order chi connectivity index (χ0) is 17.6. The Hall–Kier alpha value is -2.38. The number of likely N-dealkylation sites (N-methyl/N-ethyl adjacent to an activating group) is 1. The van der Waals surface area contributed by atoms with Gasteiger partial charge in [0.15, 0.2) is 5.82 Å². The first kappa shape index (κ1) is 16.1. The molecule has 25 heavy (non-hydrogen) atoms. The number of rotatable bonds is 3. The van der Waals surface area contributed by atoms with E-state index in [0.29, 0.717) is 13.1 Å². The summed E-state index contributed by atoms with van der Waals surface area (Å²) in [5.74, 6) is 0.780. The Morgan fingerprint density at radius 1 is 1.20 bits per heavy atom. The number of aromatic nitrogens is 3. The molecule has 3 heterocycles. The van der Waals surface area contributed by atoms with Gasteiger partial charge in [-0.05, 0) is 43.0 Å². The van der Waals surface area contributed by atoms with Crippen molar-refractivity contribution >= 4 is 11.6 Å². The van der Waals surface area contributed by atoms with Crippen LogP contribution in [0.25, 0.3) is 0 Å². The third-order valence-corrected chi connectivity index (χ3v) is 4.97. The van der Waals surface area contributed by atoms with E-state index in [1.54, 1.807) is 11.9 Å². The molecule has 1 saturated heterocycles. The maximum absolute atomic E-state index is 13.2. The third kappa shape index (κ3) is 2.89. The summed E-state index contributed by atoms with van der Waals surface area (Å²) in [4.78, 5) is 7.61. The van der Waals surface area contributed by atoms with Crippen LogP contribution in [0.1, 0.15) is 23.2 Å². The highest BCUT2D eigenvalue weighted by molar-refractivity contribution is 5.53. The van der Waals surface area contributed by atoms with Crippen LogP contribution < -0.4 is 9.80 Å². The van der Waals surface area contributed by atoms with Crippen LogP contribution in [0.3, 0.4) is 0 Å². The summed E-state index contributed by atoms with van der Waals surface area (Å²) in [5, 5.41) is 8.53. The Morgan fingerprint density at radius 2 is 2.00 bits per heavy atom. The number of anilines is 2. The van der Waals surface area contributed by atoms with E-state index in [1.807, 2.05) is 4.90 Å². The summed E-state index contributed by atoms with van der Waals surface area (Å²) in [6, 6.07) is 4.41. The van der Waals surface area contributed by atoms with Crippen molar-refractivity contribution in [2.24, 2.45) is 0 Å². The fourth-order valence-corrected chi connectivity index (χ4v) is 3.43. The van der Waals surface area contributed by atoms with Crippen molar-refractivity contribution in [3.8, 4) is 0 Å². The van der Waals surface area contributed by atoms with Crippen molar-refractivity contribution < 1.29 is 13.2 Å². The predicted molar refractivity (Wildman–Crippen MR) is 87.7 cm³/mol. The average Bonchev–Trinajstić information content (AvgIpc) is 3.00. The molecule has 0 amide bonds. The molecule has 4 rings (SSSR count). The second-order valence-corrected chi connectivity index (χ2v) is 6.57. The van der Waals surface area contributed by atoms with Gasteiger partial charge in [-0.2, -0.15) is 18.3 Å². The molecule has 0 N–H and O–H groups in total. The minimum atomic E-state index is -4.41. The molecule has 0 saturated carbocycles. The van der Waals surface area contributed by atoms with E-state index in [1.165, 1.54) is 17.8 Å². The summed E-state index contributed by atoms with van der Waals surface area (Å²) in [5.41, 5.74) is 1.61. The average molecular weight is 349 g/mol. The van der Waals surface area contributed by atoms with Crippen LogP contribution in [0.4, 0.5) is 24.8 Å². The number of nitrogens with zero attached hydrogens (tertiary/aromatic N) is 5. The number of halogens is 3. The molecule has 2 aromatic heterocycles. The topological polar surface area (TPSA) is 45.2 Å². The lowest BCUT2D eigenvalue weighted by molar-refractivity contribution is -0.137. The number of aryl methyl sites for hydroxylation is 2. The molecule has 2 aliphatic rings. The lowest BCUT2D eigenvalue weighted by Gasteiger charge is -2.45. The summed E-state index contributed by atoms with van der Waals surface area (Å²) >= 11 is 0. The Morgan fingerprint density at radius 3 is 2.76 bits per heavy atom. The summed E-state index contributed by atoms with van der Waals surface area (Å²) in [6.07, 6.45) is 0.0979. The van der Waals surface area contributed by atoms with Crippen molar-refractivity contribution in [3.05, 3.63) is 41.2 Å². The van der Waals surface area contributed by atoms with E-state index in [4.69, 9.17) is 0 Å². The first-order chi connectivity index (χ1) is 11.9. The Balaban J connectivity index is 1.48. The maximum atomic E-state index is 13.2. The summed E-state index contributed by atoms with van der Waals surface area (Å²) in [7, 11) is 1.66. The largest absolute Gasteiger partial charge is 0.419 e. The standard InChI is InChI=1S/C17H18F3N5/c1-24(16-13(17(18,19)20)5-3-7-21-16)12-9-25(10-12)15-8-11-4-2-6-14(11)22-23-15/h3,5,7-8,12H,2,4,6,9-10H2,1H3. The van der Waals surface area contributed by atoms with Crippen molar-refractivity contribution in [3.63, 3.8) is 0 Å². The molecule has 0 radical (unpaired) electrons. The van der Waals surface area contributed by atoms with Gasteiger partial charge in [0.25, 0.3) is 0 Å². The molecule has 0 atom stereocenters. The van der Waals surface area contributed by atoms with E-state index in [-0.39, 0.29) is 11.9 Å². The molecule has 1 fully saturated rings. The molecule has 0 aromatic carbocycles. The quantitative estimate of drug-likeness (QED) is 0.853. The van der Waals surface area contributed by atoms with Gasteiger partial charge >= 0.3 is 6.18 Å². The van der Waals surface area contributed by atoms with E-state index in [0.717, 1.165) is 36.8 Å². The van der Waals surface area contributed by atoms with Crippen LogP contribution in [0, 0.1) is 0 Å². The third-order valence-electron chi connectivity index (χ3n) is 4.97. The number of hydrogen-bond acceptors (Lipinski definition) is 5. The smallest absolute Gasteiger partial charge is 0.353 e. The first-order valence-corrected chi connectivity index (χ1v) is 8.29. The zero-order valence-electron chi connectivity index (χ0n) is 13.8. The van der Waals surface area contributed by atoms with Gasteiger partial charge in [-0.3, -0.25) is 0 Å². The van der Waals surface area contributed by atoms with E-state index in [2.05, 4.69) is 21.2 Å². The van der Waals surface area contributed by atoms with Crippen molar-refractivity contribution in [1.29, 1.82) is 0 Å². The van der Waals surface area contributed by atoms with Crippen LogP contribution in [0.5, 0.6) is 0 Å². The monoisotopic (exact) mass is 349 g/mol. The highest BCUT2D eigenvalue weighted by Crippen LogP contribution is 2.36. The van der Waals surface area contributed by atoms with Crippen LogP contribution in [0.15, 0.2) is 24.4 Å². The van der Waals surface area contributed by atoms with E-state index >= 15 is 0 Å². The van der Waals surface area contributed by atoms with Crippen LogP contribution in [-0.2, 0) is 19.0 Å². The van der Waals surface area contributed by atoms with Gasteiger partial charge in [0.2, 0.25) is 0 Å². The fourth-order valence-electron chi connectivity index (χ4n) is 3.43. The Kier molecular flexibility index (Phi) is 3.77. The van der Waals surface area contributed by atoms with Crippen molar-refractivity contribution in [2.75, 3.05) is 29.9 Å². The lowest BCUT2D eigenvalue weighted by atomic mass is 10.1. The lowest BCUT2D eigenvalue weighted by Crippen LogP contribution is -2.59. The van der Waals surface area contributed by atoms with E-state index in [9.17, 15) is 13.2 Å². The van der Waals surface area contributed by atoms with Gasteiger partial charge in [0, 0.05) is 26.3 Å². The van der Waals surface area contributed by atoms with Gasteiger partial charge in [-0.25, -0.2) is 4.98 Å². The van der Waals surface area contributed by atoms with Crippen LogP contribution in [0.2, 0.25) is 0 Å². The molecule has 0 spiro atoms. The van der Waals surface area contributed by atoms with E-state index < -0.39 is 11.7 Å². The minimum absolute atomic E-state index is 0.0281. The summed E-state index contributed by atoms with van der Waals surface area (Å²) < 4.78 is 39.5. The number of fused-ring (bicyclic) bond motifs is 1. The summed E-state index contributed by atoms with van der Waals surface area (Å²) in [6.45, 7) is 1.22. The minimum Gasteiger partial charge on any atom is -0.353 e. The normalized spacial score (nSPS) is 17.4. The highest BCUT2D eigenvalue weighted by Gasteiger charge is 2.39. The highest BCUT2D eigenvalue weighted by atomic mass is 19.4. The van der Waals surface area contributed by atoms with Gasteiger partial charge in [0.05, 0.1) is 17.3 Å². The van der Waals surface area contributed by atoms with Gasteiger partial charge in [-0.1, -0.05) is 0 Å². The molecule has 8 heteroatoms. The first-order valence-electron chi connectivity index (χ1n) is 8.29. The Bertz CT molecular complexity index is 786. The number of alkyl halides is 3. The molecule has 5 nitrogen and oxygen atoms in total. The maximum Gasteiger partial charge on any atom is 0.419 e. The van der Waals surface area contributed by atoms with Gasteiger partial charge in [0.1, 0.15) is 5.82 Å². The molecule has 0 unspecified atom stereocenters. The predicted octanol–water partition coefficient (Wildman–Crippen LogP) is 2.70. The molecule has 132 valence electrons. The molecule has 1 aliphatic carbocycles. The molecule has 2 aromatic rings. The molecule has 0 bridgehead atoms. The zero-order valence-corrected chi connectivity index (χ0v) is 13.8. The van der Waals surface area contributed by atoms with Crippen molar-refractivity contribution in [2.45, 2.75) is 31.5 Å². The Labute approximate surface area is 143 Å². The second-order valence-electron chi connectivity index (χ2n) is 6.57. The molecule has 1 aliphatic heterocycles. The second kappa shape index (κ2) is 5.86. The van der Waals surface area contributed by atoms with Gasteiger partial charge in [-0.15, -0.1) is 5.10 Å². The van der Waals surface area contributed by atoms with Crippen LogP contribution in [-0.4, -0.2) is 41.4 Å². The van der Waals surface area contributed by atoms with Crippen LogP contribution >= 0.6 is 0 Å². The number of pyridine rings is 1. The molecular formula is C17H18F3N5. The fraction of sp³-hybridized carbons (Fsp3) is 0.471. The SMILES string of the molecule is CN(c1ncccc1C(F)(F)F)C1CN(c2cc3c(nn2)CCC3)C1.